The van der Waals surface area contributed by atoms with Gasteiger partial charge in [-0.15, -0.1) is 4.40 Å². The lowest BCUT2D eigenvalue weighted by Crippen LogP contribution is -2.09. The quantitative estimate of drug-likeness (QED) is 0.665. The van der Waals surface area contributed by atoms with Crippen molar-refractivity contribution >= 4 is 28.0 Å². The van der Waals surface area contributed by atoms with Crippen molar-refractivity contribution in [2.24, 2.45) is 4.40 Å². The summed E-state index contributed by atoms with van der Waals surface area (Å²) < 4.78 is 26.8. The van der Waals surface area contributed by atoms with E-state index in [2.05, 4.69) is 16.3 Å². The van der Waals surface area contributed by atoms with Crippen molar-refractivity contribution in [2.75, 3.05) is 0 Å². The number of allylic oxidation sites excluding steroid dienone is 1. The molecule has 1 aromatic carbocycles. The van der Waals surface area contributed by atoms with Crippen molar-refractivity contribution in [1.29, 1.82) is 0 Å². The SMILES string of the molecule is C=C(C)NC=NS(=O)(=O)c1ccccc1Cl. The van der Waals surface area contributed by atoms with Gasteiger partial charge >= 0.3 is 0 Å². The first-order chi connectivity index (χ1) is 7.43. The fourth-order valence-electron chi connectivity index (χ4n) is 0.917. The van der Waals surface area contributed by atoms with Crippen molar-refractivity contribution in [2.45, 2.75) is 11.8 Å². The van der Waals surface area contributed by atoms with Crippen LogP contribution in [0.2, 0.25) is 5.02 Å². The number of nitrogens with zero attached hydrogens (tertiary/aromatic N) is 1. The number of rotatable bonds is 4. The minimum absolute atomic E-state index is 0.0172. The predicted octanol–water partition coefficient (Wildman–Crippen LogP) is 2.18. The first-order valence-corrected chi connectivity index (χ1v) is 6.20. The third-order valence-electron chi connectivity index (χ3n) is 1.62. The third-order valence-corrected chi connectivity index (χ3v) is 3.35. The summed E-state index contributed by atoms with van der Waals surface area (Å²) in [5.41, 5.74) is 0.595. The molecule has 0 fully saturated rings. The Morgan fingerprint density at radius 1 is 1.50 bits per heavy atom. The molecule has 0 spiro atoms. The van der Waals surface area contributed by atoms with Crippen molar-refractivity contribution < 1.29 is 8.42 Å². The summed E-state index contributed by atoms with van der Waals surface area (Å²) in [6.07, 6.45) is 1.07. The molecule has 0 aliphatic rings. The minimum Gasteiger partial charge on any atom is -0.350 e. The van der Waals surface area contributed by atoms with Gasteiger partial charge in [0.05, 0.1) is 5.02 Å². The maximum Gasteiger partial charge on any atom is 0.285 e. The van der Waals surface area contributed by atoms with Gasteiger partial charge in [-0.1, -0.05) is 30.3 Å². The Labute approximate surface area is 99.7 Å². The summed E-state index contributed by atoms with van der Waals surface area (Å²) in [6.45, 7) is 5.23. The van der Waals surface area contributed by atoms with Crippen molar-refractivity contribution in [1.82, 2.24) is 5.32 Å². The van der Waals surface area contributed by atoms with Gasteiger partial charge in [-0.25, -0.2) is 0 Å². The zero-order valence-corrected chi connectivity index (χ0v) is 10.2. The van der Waals surface area contributed by atoms with Crippen LogP contribution in [0.15, 0.2) is 45.8 Å². The second kappa shape index (κ2) is 5.14. The maximum absolute atomic E-state index is 11.7. The topological polar surface area (TPSA) is 58.5 Å². The van der Waals surface area contributed by atoms with E-state index in [1.54, 1.807) is 19.1 Å². The maximum atomic E-state index is 11.7. The van der Waals surface area contributed by atoms with Gasteiger partial charge in [0.2, 0.25) is 0 Å². The van der Waals surface area contributed by atoms with E-state index in [1.165, 1.54) is 12.1 Å². The molecule has 1 N–H and O–H groups in total. The molecule has 16 heavy (non-hydrogen) atoms. The summed E-state index contributed by atoms with van der Waals surface area (Å²) in [7, 11) is -3.75. The molecule has 0 heterocycles. The van der Waals surface area contributed by atoms with Gasteiger partial charge in [-0.2, -0.15) is 8.42 Å². The van der Waals surface area contributed by atoms with Crippen molar-refractivity contribution in [3.63, 3.8) is 0 Å². The van der Waals surface area contributed by atoms with Gasteiger partial charge in [0, 0.05) is 5.70 Å². The van der Waals surface area contributed by atoms with E-state index in [-0.39, 0.29) is 9.92 Å². The van der Waals surface area contributed by atoms with Crippen LogP contribution in [0.3, 0.4) is 0 Å². The van der Waals surface area contributed by atoms with Gasteiger partial charge in [-0.3, -0.25) is 0 Å². The van der Waals surface area contributed by atoms with E-state index in [9.17, 15) is 8.42 Å². The third kappa shape index (κ3) is 3.36. The first kappa shape index (κ1) is 12.7. The minimum atomic E-state index is -3.75. The van der Waals surface area contributed by atoms with E-state index >= 15 is 0 Å². The number of benzene rings is 1. The van der Waals surface area contributed by atoms with Crippen LogP contribution in [0.5, 0.6) is 0 Å². The Hall–Kier alpha value is -1.33. The Bertz CT molecular complexity index is 523. The highest BCUT2D eigenvalue weighted by molar-refractivity contribution is 7.90. The van der Waals surface area contributed by atoms with E-state index in [4.69, 9.17) is 11.6 Å². The van der Waals surface area contributed by atoms with Gasteiger partial charge in [0.15, 0.2) is 0 Å². The van der Waals surface area contributed by atoms with Crippen molar-refractivity contribution in [3.05, 3.63) is 41.6 Å². The Kier molecular flexibility index (Phi) is 4.09. The lowest BCUT2D eigenvalue weighted by Gasteiger charge is -2.01. The highest BCUT2D eigenvalue weighted by atomic mass is 35.5. The smallest absolute Gasteiger partial charge is 0.285 e. The van der Waals surface area contributed by atoms with Gasteiger partial charge in [0.25, 0.3) is 10.0 Å². The molecule has 0 aliphatic heterocycles. The van der Waals surface area contributed by atoms with Gasteiger partial charge < -0.3 is 5.32 Å². The van der Waals surface area contributed by atoms with Crippen LogP contribution in [0.1, 0.15) is 6.92 Å². The second-order valence-electron chi connectivity index (χ2n) is 3.06. The molecule has 6 heteroatoms. The second-order valence-corrected chi connectivity index (χ2v) is 5.07. The molecule has 1 aromatic rings. The number of nitrogens with one attached hydrogen (secondary N) is 1. The van der Waals surface area contributed by atoms with E-state index in [1.807, 2.05) is 0 Å². The van der Waals surface area contributed by atoms with Crippen LogP contribution in [-0.2, 0) is 10.0 Å². The molecule has 1 rings (SSSR count). The molecule has 0 atom stereocenters. The average molecular weight is 259 g/mol. The molecule has 0 amide bonds. The largest absolute Gasteiger partial charge is 0.350 e. The Balaban J connectivity index is 3.00. The molecule has 0 aromatic heterocycles. The lowest BCUT2D eigenvalue weighted by molar-refractivity contribution is 0.598. The predicted molar refractivity (Wildman–Crippen MR) is 65.1 cm³/mol. The molecule has 0 saturated carbocycles. The monoisotopic (exact) mass is 258 g/mol. The molecule has 0 unspecified atom stereocenters. The molecular formula is C10H11ClN2O2S. The van der Waals surface area contributed by atoms with E-state index in [0.29, 0.717) is 5.70 Å². The zero-order valence-electron chi connectivity index (χ0n) is 8.64. The van der Waals surface area contributed by atoms with E-state index in [0.717, 1.165) is 6.34 Å². The molecular weight excluding hydrogens is 248 g/mol. The normalized spacial score (nSPS) is 11.6. The van der Waals surface area contributed by atoms with Crippen LogP contribution in [0.4, 0.5) is 0 Å². The summed E-state index contributed by atoms with van der Waals surface area (Å²) in [5, 5.41) is 2.73. The Morgan fingerprint density at radius 3 is 2.69 bits per heavy atom. The summed E-state index contributed by atoms with van der Waals surface area (Å²) in [6, 6.07) is 6.13. The van der Waals surface area contributed by atoms with Crippen LogP contribution < -0.4 is 5.32 Å². The molecule has 0 radical (unpaired) electrons. The van der Waals surface area contributed by atoms with Crippen LogP contribution in [0, 0.1) is 0 Å². The van der Waals surface area contributed by atoms with E-state index < -0.39 is 10.0 Å². The van der Waals surface area contributed by atoms with Gasteiger partial charge in [0.1, 0.15) is 11.2 Å². The average Bonchev–Trinajstić information content (AvgIpc) is 2.17. The highest BCUT2D eigenvalue weighted by Crippen LogP contribution is 2.21. The lowest BCUT2D eigenvalue weighted by atomic mass is 10.4. The first-order valence-electron chi connectivity index (χ1n) is 4.39. The van der Waals surface area contributed by atoms with Crippen LogP contribution >= 0.6 is 11.6 Å². The van der Waals surface area contributed by atoms with Gasteiger partial charge in [-0.05, 0) is 19.1 Å². The van der Waals surface area contributed by atoms with Crippen LogP contribution in [-0.4, -0.2) is 14.8 Å². The number of hydrogen-bond acceptors (Lipinski definition) is 2. The molecule has 86 valence electrons. The molecule has 4 nitrogen and oxygen atoms in total. The summed E-state index contributed by atoms with van der Waals surface area (Å²) in [5.74, 6) is 0. The molecule has 0 bridgehead atoms. The highest BCUT2D eigenvalue weighted by Gasteiger charge is 2.14. The molecule has 0 saturated heterocycles. The standard InChI is InChI=1S/C10H11ClN2O2S/c1-8(2)12-7-13-16(14,15)10-6-4-3-5-9(10)11/h3-7H,1H2,2H3,(H,12,13). The number of halogens is 1. The number of sulfonamides is 1. The zero-order chi connectivity index (χ0) is 12.2. The summed E-state index contributed by atoms with van der Waals surface area (Å²) in [4.78, 5) is -0.0172. The fourth-order valence-corrected chi connectivity index (χ4v) is 2.21. The Morgan fingerprint density at radius 2 is 2.12 bits per heavy atom. The summed E-state index contributed by atoms with van der Waals surface area (Å²) >= 11 is 5.76. The van der Waals surface area contributed by atoms with Crippen molar-refractivity contribution in [3.8, 4) is 0 Å². The molecule has 0 aliphatic carbocycles. The fraction of sp³-hybridized carbons (Fsp3) is 0.100. The van der Waals surface area contributed by atoms with Crippen LogP contribution in [0.25, 0.3) is 0 Å². The number of hydrogen-bond donors (Lipinski definition) is 1.